The van der Waals surface area contributed by atoms with E-state index in [1.807, 2.05) is 11.0 Å². The largest absolute Gasteiger partial charge is 0.348 e. The van der Waals surface area contributed by atoms with Gasteiger partial charge in [-0.15, -0.1) is 0 Å². The van der Waals surface area contributed by atoms with Gasteiger partial charge in [0.1, 0.15) is 11.7 Å². The van der Waals surface area contributed by atoms with Gasteiger partial charge in [0.15, 0.2) is 0 Å². The molecular formula is C31H34N6O6. The Balaban J connectivity index is 0.982. The van der Waals surface area contributed by atoms with E-state index in [4.69, 9.17) is 0 Å². The Labute approximate surface area is 248 Å². The summed E-state index contributed by atoms with van der Waals surface area (Å²) in [4.78, 5) is 84.6. The number of fused-ring (bicyclic) bond motifs is 1. The molecule has 0 bridgehead atoms. The lowest BCUT2D eigenvalue weighted by Gasteiger charge is -2.36. The molecule has 1 aromatic carbocycles. The van der Waals surface area contributed by atoms with E-state index in [0.717, 1.165) is 36.4 Å². The highest BCUT2D eigenvalue weighted by molar-refractivity contribution is 6.23. The lowest BCUT2D eigenvalue weighted by molar-refractivity contribution is -0.136. The zero-order valence-corrected chi connectivity index (χ0v) is 23.8. The van der Waals surface area contributed by atoms with Crippen molar-refractivity contribution in [3.63, 3.8) is 0 Å². The number of pyridine rings is 1. The highest BCUT2D eigenvalue weighted by Gasteiger charge is 2.44. The van der Waals surface area contributed by atoms with Crippen molar-refractivity contribution >= 4 is 35.4 Å². The monoisotopic (exact) mass is 586 g/mol. The quantitative estimate of drug-likeness (QED) is 0.478. The predicted molar refractivity (Wildman–Crippen MR) is 153 cm³/mol. The van der Waals surface area contributed by atoms with Crippen molar-refractivity contribution in [3.05, 3.63) is 65.0 Å². The number of nitrogens with one attached hydrogen (secondary N) is 2. The number of hydrogen-bond acceptors (Lipinski definition) is 8. The topological polar surface area (TPSA) is 149 Å². The zero-order chi connectivity index (χ0) is 30.1. The lowest BCUT2D eigenvalue weighted by Crippen LogP contribution is -2.54. The molecule has 1 atom stereocenters. The standard InChI is InChI=1S/C31H34N6O6/c38-26-7-6-25(29(41)34-26)37-30(42)22-5-4-20(17-23(22)31(37)43)19-8-13-35(14-9-19)18-27(39)36-15-10-21(11-16-36)33-28(40)24-3-1-2-12-32-24/h1-5,12,17,19,21,25H,6-11,13-16,18H2,(H,33,40)(H,34,38,41). The summed E-state index contributed by atoms with van der Waals surface area (Å²) < 4.78 is 0. The number of amides is 6. The third-order valence-electron chi connectivity index (χ3n) is 8.96. The van der Waals surface area contributed by atoms with Gasteiger partial charge in [0.05, 0.1) is 17.7 Å². The van der Waals surface area contributed by atoms with Crippen molar-refractivity contribution in [2.45, 2.75) is 56.5 Å². The summed E-state index contributed by atoms with van der Waals surface area (Å²) >= 11 is 0. The van der Waals surface area contributed by atoms with Crippen molar-refractivity contribution in [2.24, 2.45) is 0 Å². The number of piperidine rings is 3. The Bertz CT molecular complexity index is 1460. The minimum absolute atomic E-state index is 0.0138. The van der Waals surface area contributed by atoms with E-state index < -0.39 is 29.7 Å². The first-order valence-corrected chi connectivity index (χ1v) is 14.9. The number of aromatic nitrogens is 1. The SMILES string of the molecule is O=C1CCC(N2C(=O)c3ccc(C4CCN(CC(=O)N5CCC(NC(=O)c6ccccn6)CC5)CC4)cc3C2=O)C(=O)N1. The third-order valence-corrected chi connectivity index (χ3v) is 8.96. The molecule has 3 saturated heterocycles. The molecule has 6 rings (SSSR count). The third kappa shape index (κ3) is 5.92. The summed E-state index contributed by atoms with van der Waals surface area (Å²) in [5.41, 5.74) is 1.93. The van der Waals surface area contributed by atoms with Crippen LogP contribution in [0.3, 0.4) is 0 Å². The van der Waals surface area contributed by atoms with Crippen LogP contribution in [0.15, 0.2) is 42.6 Å². The maximum atomic E-state index is 13.2. The Morgan fingerprint density at radius 3 is 2.33 bits per heavy atom. The summed E-state index contributed by atoms with van der Waals surface area (Å²) in [5, 5.41) is 5.23. The van der Waals surface area contributed by atoms with E-state index in [1.54, 1.807) is 36.5 Å². The Hall–Kier alpha value is -4.45. The van der Waals surface area contributed by atoms with Crippen LogP contribution in [0.1, 0.15) is 81.2 Å². The predicted octanol–water partition coefficient (Wildman–Crippen LogP) is 1.08. The summed E-state index contributed by atoms with van der Waals surface area (Å²) in [6.07, 6.45) is 4.83. The van der Waals surface area contributed by atoms with Crippen LogP contribution in [0, 0.1) is 0 Å². The Morgan fingerprint density at radius 1 is 0.884 bits per heavy atom. The molecule has 2 aromatic rings. The van der Waals surface area contributed by atoms with Crippen LogP contribution in [0.2, 0.25) is 0 Å². The smallest absolute Gasteiger partial charge is 0.270 e. The molecule has 3 fully saturated rings. The Morgan fingerprint density at radius 2 is 1.63 bits per heavy atom. The normalized spacial score (nSPS) is 22.0. The van der Waals surface area contributed by atoms with Crippen LogP contribution in [0.5, 0.6) is 0 Å². The van der Waals surface area contributed by atoms with Crippen LogP contribution in [-0.2, 0) is 14.4 Å². The summed E-state index contributed by atoms with van der Waals surface area (Å²) in [7, 11) is 0. The summed E-state index contributed by atoms with van der Waals surface area (Å²) in [6.45, 7) is 3.01. The highest BCUT2D eigenvalue weighted by atomic mass is 16.2. The van der Waals surface area contributed by atoms with Crippen molar-refractivity contribution in [1.29, 1.82) is 0 Å². The van der Waals surface area contributed by atoms with Crippen LogP contribution >= 0.6 is 0 Å². The molecule has 6 amide bonds. The minimum Gasteiger partial charge on any atom is -0.348 e. The molecule has 224 valence electrons. The minimum atomic E-state index is -0.981. The highest BCUT2D eigenvalue weighted by Crippen LogP contribution is 2.33. The summed E-state index contributed by atoms with van der Waals surface area (Å²) in [6, 6.07) is 9.56. The first-order valence-electron chi connectivity index (χ1n) is 14.9. The van der Waals surface area contributed by atoms with Gasteiger partial charge in [-0.25, -0.2) is 0 Å². The number of nitrogens with zero attached hydrogens (tertiary/aromatic N) is 4. The fourth-order valence-corrected chi connectivity index (χ4v) is 6.49. The molecule has 0 saturated carbocycles. The van der Waals surface area contributed by atoms with Crippen LogP contribution < -0.4 is 10.6 Å². The van der Waals surface area contributed by atoms with Gasteiger partial charge in [-0.3, -0.25) is 48.9 Å². The van der Waals surface area contributed by atoms with Crippen molar-refractivity contribution < 1.29 is 28.8 Å². The first-order chi connectivity index (χ1) is 20.8. The number of carbonyl (C=O) groups is 6. The van der Waals surface area contributed by atoms with Gasteiger partial charge in [-0.1, -0.05) is 12.1 Å². The van der Waals surface area contributed by atoms with Crippen molar-refractivity contribution in [3.8, 4) is 0 Å². The van der Waals surface area contributed by atoms with E-state index in [-0.39, 0.29) is 42.2 Å². The second kappa shape index (κ2) is 12.0. The molecule has 12 heteroatoms. The molecule has 2 N–H and O–H groups in total. The van der Waals surface area contributed by atoms with Gasteiger partial charge in [0.25, 0.3) is 17.7 Å². The molecule has 4 aliphatic heterocycles. The zero-order valence-electron chi connectivity index (χ0n) is 23.8. The Kier molecular flexibility index (Phi) is 8.02. The molecule has 0 spiro atoms. The average molecular weight is 587 g/mol. The molecule has 1 aromatic heterocycles. The molecular weight excluding hydrogens is 552 g/mol. The van der Waals surface area contributed by atoms with E-state index in [0.29, 0.717) is 43.7 Å². The number of hydrogen-bond donors (Lipinski definition) is 2. The van der Waals surface area contributed by atoms with Crippen LogP contribution in [0.4, 0.5) is 0 Å². The number of carbonyl (C=O) groups excluding carboxylic acids is 6. The van der Waals surface area contributed by atoms with Crippen LogP contribution in [-0.4, -0.2) is 99.9 Å². The fraction of sp³-hybridized carbons (Fsp3) is 0.452. The molecule has 4 aliphatic rings. The van der Waals surface area contributed by atoms with Gasteiger partial charge in [0.2, 0.25) is 17.7 Å². The van der Waals surface area contributed by atoms with Crippen molar-refractivity contribution in [2.75, 3.05) is 32.7 Å². The number of benzene rings is 1. The lowest BCUT2D eigenvalue weighted by atomic mass is 9.88. The second-order valence-electron chi connectivity index (χ2n) is 11.6. The molecule has 0 aliphatic carbocycles. The number of imide groups is 2. The average Bonchev–Trinajstić information content (AvgIpc) is 3.27. The van der Waals surface area contributed by atoms with Crippen molar-refractivity contribution in [1.82, 2.24) is 30.3 Å². The molecule has 1 unspecified atom stereocenters. The van der Waals surface area contributed by atoms with Gasteiger partial charge in [0, 0.05) is 31.7 Å². The molecule has 0 radical (unpaired) electrons. The van der Waals surface area contributed by atoms with Gasteiger partial charge in [-0.2, -0.15) is 0 Å². The van der Waals surface area contributed by atoms with E-state index >= 15 is 0 Å². The van der Waals surface area contributed by atoms with E-state index in [2.05, 4.69) is 20.5 Å². The second-order valence-corrected chi connectivity index (χ2v) is 11.6. The van der Waals surface area contributed by atoms with Gasteiger partial charge in [-0.05, 0) is 80.9 Å². The molecule has 43 heavy (non-hydrogen) atoms. The van der Waals surface area contributed by atoms with Gasteiger partial charge >= 0.3 is 0 Å². The first kappa shape index (κ1) is 28.7. The van der Waals surface area contributed by atoms with E-state index in [9.17, 15) is 28.8 Å². The fourth-order valence-electron chi connectivity index (χ4n) is 6.49. The maximum absolute atomic E-state index is 13.2. The number of likely N-dealkylation sites (tertiary alicyclic amines) is 2. The van der Waals surface area contributed by atoms with Gasteiger partial charge < -0.3 is 10.2 Å². The molecule has 5 heterocycles. The van der Waals surface area contributed by atoms with E-state index in [1.165, 1.54) is 0 Å². The maximum Gasteiger partial charge on any atom is 0.270 e. The molecule has 12 nitrogen and oxygen atoms in total. The summed E-state index contributed by atoms with van der Waals surface area (Å²) in [5.74, 6) is -1.96. The van der Waals surface area contributed by atoms with Crippen LogP contribution in [0.25, 0.3) is 0 Å². The number of rotatable bonds is 6.